The molecule has 1 aromatic carbocycles. The van der Waals surface area contributed by atoms with Gasteiger partial charge >= 0.3 is 0 Å². The minimum atomic E-state index is -0.0487. The molecule has 1 aliphatic rings. The van der Waals surface area contributed by atoms with Crippen molar-refractivity contribution in [3.05, 3.63) is 22.7 Å². The van der Waals surface area contributed by atoms with Gasteiger partial charge < -0.3 is 20.1 Å². The average Bonchev–Trinajstić information content (AvgIpc) is 2.47. The lowest BCUT2D eigenvalue weighted by atomic mass is 10.0. The molecular weight excluding hydrogens is 292 g/mol. The molecule has 0 bridgehead atoms. The van der Waals surface area contributed by atoms with E-state index in [-0.39, 0.29) is 11.9 Å². The lowest BCUT2D eigenvalue weighted by molar-refractivity contribution is 0.0714. The summed E-state index contributed by atoms with van der Waals surface area (Å²) in [5.74, 6) is 0.896. The molecule has 0 saturated carbocycles. The number of carbonyl (C=O) groups is 1. The molecule has 116 valence electrons. The third-order valence-corrected chi connectivity index (χ3v) is 3.87. The van der Waals surface area contributed by atoms with Gasteiger partial charge in [0.15, 0.2) is 11.5 Å². The minimum Gasteiger partial charge on any atom is -0.491 e. The molecule has 5 nitrogen and oxygen atoms in total. The number of methoxy groups -OCH3 is 1. The molecule has 0 aliphatic carbocycles. The van der Waals surface area contributed by atoms with Gasteiger partial charge in [-0.25, -0.2) is 0 Å². The van der Waals surface area contributed by atoms with Crippen LogP contribution in [0.15, 0.2) is 12.1 Å². The number of carbonyl (C=O) groups excluding carboxylic acids is 1. The lowest BCUT2D eigenvalue weighted by Gasteiger charge is -2.30. The third-order valence-electron chi connectivity index (χ3n) is 3.59. The quantitative estimate of drug-likeness (QED) is 0.926. The number of rotatable bonds is 4. The van der Waals surface area contributed by atoms with Crippen molar-refractivity contribution in [3.63, 3.8) is 0 Å². The standard InChI is InChI=1S/C15H21ClN2O3/c1-3-21-13-9-10(8-12(16)14(13)20-2)15(19)18-6-4-11(17)5-7-18/h8-9,11H,3-7,17H2,1-2H3. The van der Waals surface area contributed by atoms with Crippen LogP contribution in [-0.2, 0) is 0 Å². The maximum absolute atomic E-state index is 12.5. The van der Waals surface area contributed by atoms with E-state index in [9.17, 15) is 4.79 Å². The average molecular weight is 313 g/mol. The number of hydrogen-bond acceptors (Lipinski definition) is 4. The topological polar surface area (TPSA) is 64.8 Å². The van der Waals surface area contributed by atoms with E-state index in [0.717, 1.165) is 12.8 Å². The van der Waals surface area contributed by atoms with Crippen molar-refractivity contribution in [1.82, 2.24) is 4.90 Å². The third kappa shape index (κ3) is 3.60. The maximum Gasteiger partial charge on any atom is 0.254 e. The molecule has 6 heteroatoms. The number of benzene rings is 1. The van der Waals surface area contributed by atoms with Gasteiger partial charge in [-0.1, -0.05) is 11.6 Å². The molecule has 1 heterocycles. The van der Waals surface area contributed by atoms with Gasteiger partial charge in [0.25, 0.3) is 5.91 Å². The van der Waals surface area contributed by atoms with Crippen molar-refractivity contribution < 1.29 is 14.3 Å². The largest absolute Gasteiger partial charge is 0.491 e. The van der Waals surface area contributed by atoms with E-state index in [2.05, 4.69) is 0 Å². The second-order valence-corrected chi connectivity index (χ2v) is 5.46. The number of hydrogen-bond donors (Lipinski definition) is 1. The number of ether oxygens (including phenoxy) is 2. The summed E-state index contributed by atoms with van der Waals surface area (Å²) in [6.07, 6.45) is 1.65. The fraction of sp³-hybridized carbons (Fsp3) is 0.533. The Balaban J connectivity index is 2.24. The Hall–Kier alpha value is -1.46. The van der Waals surface area contributed by atoms with Crippen LogP contribution in [-0.4, -0.2) is 43.7 Å². The first-order chi connectivity index (χ1) is 10.1. The summed E-state index contributed by atoms with van der Waals surface area (Å²) in [7, 11) is 1.53. The molecule has 2 rings (SSSR count). The monoisotopic (exact) mass is 312 g/mol. The first kappa shape index (κ1) is 15.9. The summed E-state index contributed by atoms with van der Waals surface area (Å²) < 4.78 is 10.7. The molecule has 0 atom stereocenters. The number of nitrogens with two attached hydrogens (primary N) is 1. The Kier molecular flexibility index (Phi) is 5.31. The summed E-state index contributed by atoms with van der Waals surface area (Å²) in [4.78, 5) is 14.3. The van der Waals surface area contributed by atoms with Crippen molar-refractivity contribution in [2.75, 3.05) is 26.8 Å². The number of piperidine rings is 1. The molecule has 1 aromatic rings. The van der Waals surface area contributed by atoms with Crippen molar-refractivity contribution in [1.29, 1.82) is 0 Å². The van der Waals surface area contributed by atoms with Crippen molar-refractivity contribution in [2.45, 2.75) is 25.8 Å². The van der Waals surface area contributed by atoms with E-state index in [4.69, 9.17) is 26.8 Å². The first-order valence-corrected chi connectivity index (χ1v) is 7.49. The summed E-state index contributed by atoms with van der Waals surface area (Å²) in [6.45, 7) is 3.69. The summed E-state index contributed by atoms with van der Waals surface area (Å²) in [5, 5.41) is 0.375. The molecule has 2 N–H and O–H groups in total. The number of amides is 1. The SMILES string of the molecule is CCOc1cc(C(=O)N2CCC(N)CC2)cc(Cl)c1OC. The van der Waals surface area contributed by atoms with Crippen molar-refractivity contribution in [2.24, 2.45) is 5.73 Å². The predicted molar refractivity (Wildman–Crippen MR) is 82.3 cm³/mol. The Morgan fingerprint density at radius 2 is 2.10 bits per heavy atom. The van der Waals surface area contributed by atoms with Crippen LogP contribution in [0.2, 0.25) is 5.02 Å². The zero-order valence-corrected chi connectivity index (χ0v) is 13.2. The van der Waals surface area contributed by atoms with Crippen LogP contribution in [0.4, 0.5) is 0 Å². The van der Waals surface area contributed by atoms with Gasteiger partial charge in [-0.2, -0.15) is 0 Å². The van der Waals surface area contributed by atoms with Gasteiger partial charge in [0.1, 0.15) is 0 Å². The highest BCUT2D eigenvalue weighted by atomic mass is 35.5. The zero-order valence-electron chi connectivity index (χ0n) is 12.4. The van der Waals surface area contributed by atoms with Gasteiger partial charge in [-0.15, -0.1) is 0 Å². The highest BCUT2D eigenvalue weighted by molar-refractivity contribution is 6.32. The molecular formula is C15H21ClN2O3. The van der Waals surface area contributed by atoms with Crippen LogP contribution in [0.3, 0.4) is 0 Å². The Bertz CT molecular complexity index is 514. The zero-order chi connectivity index (χ0) is 15.4. The van der Waals surface area contributed by atoms with Crippen molar-refractivity contribution in [3.8, 4) is 11.5 Å². The fourth-order valence-electron chi connectivity index (χ4n) is 2.44. The Morgan fingerprint density at radius 1 is 1.43 bits per heavy atom. The number of halogens is 1. The molecule has 0 spiro atoms. The number of nitrogens with zero attached hydrogens (tertiary/aromatic N) is 1. The predicted octanol–water partition coefficient (Wildman–Crippen LogP) is 2.31. The van der Waals surface area contributed by atoms with E-state index in [0.29, 0.717) is 41.8 Å². The lowest BCUT2D eigenvalue weighted by Crippen LogP contribution is -2.42. The van der Waals surface area contributed by atoms with E-state index >= 15 is 0 Å². The van der Waals surface area contributed by atoms with Crippen LogP contribution in [0.1, 0.15) is 30.1 Å². The van der Waals surface area contributed by atoms with Gasteiger partial charge in [-0.3, -0.25) is 4.79 Å². The van der Waals surface area contributed by atoms with E-state index < -0.39 is 0 Å². The van der Waals surface area contributed by atoms with E-state index in [1.807, 2.05) is 6.92 Å². The molecule has 1 fully saturated rings. The van der Waals surface area contributed by atoms with Crippen LogP contribution >= 0.6 is 11.6 Å². The highest BCUT2D eigenvalue weighted by Gasteiger charge is 2.23. The van der Waals surface area contributed by atoms with Gasteiger partial charge in [0.2, 0.25) is 0 Å². The summed E-state index contributed by atoms with van der Waals surface area (Å²) in [6, 6.07) is 3.50. The molecule has 1 aliphatic heterocycles. The molecule has 1 saturated heterocycles. The van der Waals surface area contributed by atoms with Crippen molar-refractivity contribution >= 4 is 17.5 Å². The second-order valence-electron chi connectivity index (χ2n) is 5.05. The maximum atomic E-state index is 12.5. The highest BCUT2D eigenvalue weighted by Crippen LogP contribution is 2.36. The second kappa shape index (κ2) is 7.00. The smallest absolute Gasteiger partial charge is 0.254 e. The van der Waals surface area contributed by atoms with E-state index in [1.165, 1.54) is 7.11 Å². The molecule has 1 amide bonds. The summed E-state index contributed by atoms with van der Waals surface area (Å²) in [5.41, 5.74) is 6.38. The first-order valence-electron chi connectivity index (χ1n) is 7.12. The van der Waals surface area contributed by atoms with Crippen LogP contribution < -0.4 is 15.2 Å². The molecule has 0 radical (unpaired) electrons. The van der Waals surface area contributed by atoms with Crippen LogP contribution in [0.5, 0.6) is 11.5 Å². The fourth-order valence-corrected chi connectivity index (χ4v) is 2.73. The van der Waals surface area contributed by atoms with Gasteiger partial charge in [0.05, 0.1) is 18.7 Å². The number of likely N-dealkylation sites (tertiary alicyclic amines) is 1. The molecule has 0 unspecified atom stereocenters. The summed E-state index contributed by atoms with van der Waals surface area (Å²) >= 11 is 6.18. The normalized spacial score (nSPS) is 15.9. The van der Waals surface area contributed by atoms with Gasteiger partial charge in [-0.05, 0) is 31.9 Å². The van der Waals surface area contributed by atoms with Gasteiger partial charge in [0, 0.05) is 24.7 Å². The minimum absolute atomic E-state index is 0.0487. The Labute approximate surface area is 130 Å². The Morgan fingerprint density at radius 3 is 2.67 bits per heavy atom. The van der Waals surface area contributed by atoms with E-state index in [1.54, 1.807) is 17.0 Å². The van der Waals surface area contributed by atoms with Crippen LogP contribution in [0, 0.1) is 0 Å². The molecule has 0 aromatic heterocycles. The van der Waals surface area contributed by atoms with Crippen LogP contribution in [0.25, 0.3) is 0 Å². The molecule has 21 heavy (non-hydrogen) atoms.